The van der Waals surface area contributed by atoms with E-state index in [4.69, 9.17) is 0 Å². The van der Waals surface area contributed by atoms with Crippen LogP contribution in [0.1, 0.15) is 49.5 Å². The molecule has 1 N–H and O–H groups in total. The van der Waals surface area contributed by atoms with E-state index in [9.17, 15) is 5.11 Å². The largest absolute Gasteiger partial charge is 0.388 e. The summed E-state index contributed by atoms with van der Waals surface area (Å²) in [5, 5.41) is 10.1. The summed E-state index contributed by atoms with van der Waals surface area (Å²) >= 11 is 0. The minimum atomic E-state index is -0.299. The van der Waals surface area contributed by atoms with E-state index < -0.39 is 0 Å². The number of benzene rings is 1. The Morgan fingerprint density at radius 3 is 2.40 bits per heavy atom. The van der Waals surface area contributed by atoms with Crippen LogP contribution in [-0.4, -0.2) is 5.11 Å². The Morgan fingerprint density at radius 1 is 1.13 bits per heavy atom. The van der Waals surface area contributed by atoms with Gasteiger partial charge < -0.3 is 5.11 Å². The fourth-order valence-electron chi connectivity index (χ4n) is 1.78. The Balaban J connectivity index is 2.73. The van der Waals surface area contributed by atoms with Crippen LogP contribution < -0.4 is 0 Å². The third-order valence-electron chi connectivity index (χ3n) is 3.02. The first-order valence-corrected chi connectivity index (χ1v) is 5.76. The highest BCUT2D eigenvalue weighted by Gasteiger charge is 2.11. The van der Waals surface area contributed by atoms with E-state index in [0.29, 0.717) is 5.92 Å². The lowest BCUT2D eigenvalue weighted by Gasteiger charge is -2.16. The predicted molar refractivity (Wildman–Crippen MR) is 64.9 cm³/mol. The van der Waals surface area contributed by atoms with Crippen LogP contribution in [0.3, 0.4) is 0 Å². The predicted octanol–water partition coefficient (Wildman–Crippen LogP) is 3.77. The molecule has 0 amide bonds. The number of hydrogen-bond acceptors (Lipinski definition) is 1. The van der Waals surface area contributed by atoms with Gasteiger partial charge in [0.2, 0.25) is 0 Å². The highest BCUT2D eigenvalue weighted by Crippen LogP contribution is 2.25. The van der Waals surface area contributed by atoms with Crippen molar-refractivity contribution in [2.75, 3.05) is 0 Å². The molecule has 0 aliphatic carbocycles. The summed E-state index contributed by atoms with van der Waals surface area (Å²) in [5.41, 5.74) is 3.58. The molecule has 1 nitrogen and oxygen atoms in total. The second-order valence-electron chi connectivity index (χ2n) is 4.78. The van der Waals surface area contributed by atoms with Gasteiger partial charge in [-0.1, -0.05) is 32.0 Å². The van der Waals surface area contributed by atoms with Crippen molar-refractivity contribution in [2.45, 2.75) is 46.6 Å². The molecule has 1 aromatic carbocycles. The lowest BCUT2D eigenvalue weighted by Crippen LogP contribution is -2.03. The minimum Gasteiger partial charge on any atom is -0.388 e. The van der Waals surface area contributed by atoms with E-state index in [1.54, 1.807) is 0 Å². The lowest BCUT2D eigenvalue weighted by molar-refractivity contribution is 0.158. The number of aryl methyl sites for hydroxylation is 1. The molecular formula is C14H22O. The second kappa shape index (κ2) is 5.32. The smallest absolute Gasteiger partial charge is 0.0792 e. The summed E-state index contributed by atoms with van der Waals surface area (Å²) in [4.78, 5) is 0. The quantitative estimate of drug-likeness (QED) is 0.795. The maximum atomic E-state index is 10.1. The van der Waals surface area contributed by atoms with Crippen molar-refractivity contribution < 1.29 is 5.11 Å². The van der Waals surface area contributed by atoms with E-state index in [0.717, 1.165) is 18.4 Å². The number of hydrogen-bond donors (Lipinski definition) is 1. The fraction of sp³-hybridized carbons (Fsp3) is 0.571. The molecular weight excluding hydrogens is 184 g/mol. The minimum absolute atomic E-state index is 0.299. The van der Waals surface area contributed by atoms with Crippen molar-refractivity contribution in [2.24, 2.45) is 5.92 Å². The summed E-state index contributed by atoms with van der Waals surface area (Å²) in [5.74, 6) is 0.657. The van der Waals surface area contributed by atoms with Crippen LogP contribution in [0.2, 0.25) is 0 Å². The lowest BCUT2D eigenvalue weighted by atomic mass is 9.94. The molecule has 1 rings (SSSR count). The van der Waals surface area contributed by atoms with Crippen LogP contribution in [0.5, 0.6) is 0 Å². The molecule has 0 bridgehead atoms. The van der Waals surface area contributed by atoms with Gasteiger partial charge in [-0.25, -0.2) is 0 Å². The molecule has 0 spiro atoms. The van der Waals surface area contributed by atoms with Crippen molar-refractivity contribution in [3.8, 4) is 0 Å². The second-order valence-corrected chi connectivity index (χ2v) is 4.78. The Labute approximate surface area is 93.1 Å². The summed E-state index contributed by atoms with van der Waals surface area (Å²) in [7, 11) is 0. The molecule has 0 fully saturated rings. The maximum Gasteiger partial charge on any atom is 0.0792 e. The molecule has 1 atom stereocenters. The Hall–Kier alpha value is -0.820. The summed E-state index contributed by atoms with van der Waals surface area (Å²) in [6.07, 6.45) is 1.64. The van der Waals surface area contributed by atoms with Gasteiger partial charge in [0.15, 0.2) is 0 Å². The zero-order chi connectivity index (χ0) is 11.4. The van der Waals surface area contributed by atoms with Crippen LogP contribution >= 0.6 is 0 Å². The summed E-state index contributed by atoms with van der Waals surface area (Å²) in [6, 6.07) is 6.15. The average Bonchev–Trinajstić information content (AvgIpc) is 2.18. The number of aliphatic hydroxyl groups excluding tert-OH is 1. The molecule has 1 aromatic rings. The van der Waals surface area contributed by atoms with Crippen molar-refractivity contribution >= 4 is 0 Å². The fourth-order valence-corrected chi connectivity index (χ4v) is 1.78. The maximum absolute atomic E-state index is 10.1. The van der Waals surface area contributed by atoms with Gasteiger partial charge in [0, 0.05) is 0 Å². The monoisotopic (exact) mass is 206 g/mol. The first kappa shape index (κ1) is 12.3. The van der Waals surface area contributed by atoms with Crippen molar-refractivity contribution in [3.05, 3.63) is 34.9 Å². The molecule has 0 aliphatic heterocycles. The molecule has 84 valence electrons. The van der Waals surface area contributed by atoms with E-state index in [1.165, 1.54) is 11.1 Å². The van der Waals surface area contributed by atoms with Crippen molar-refractivity contribution in [1.82, 2.24) is 0 Å². The van der Waals surface area contributed by atoms with E-state index >= 15 is 0 Å². The molecule has 0 heterocycles. The normalized spacial score (nSPS) is 13.2. The van der Waals surface area contributed by atoms with E-state index in [2.05, 4.69) is 33.8 Å². The SMILES string of the molecule is Cc1cccc(C(O)CCC(C)C)c1C. The molecule has 1 unspecified atom stereocenters. The Bertz CT molecular complexity index is 315. The van der Waals surface area contributed by atoms with Crippen LogP contribution in [0, 0.1) is 19.8 Å². The zero-order valence-electron chi connectivity index (χ0n) is 10.2. The van der Waals surface area contributed by atoms with Crippen molar-refractivity contribution in [3.63, 3.8) is 0 Å². The topological polar surface area (TPSA) is 20.2 Å². The standard InChI is InChI=1S/C14H22O/c1-10(2)8-9-14(15)13-7-5-6-11(3)12(13)4/h5-7,10,14-15H,8-9H2,1-4H3. The Kier molecular flexibility index (Phi) is 4.34. The van der Waals surface area contributed by atoms with Crippen LogP contribution in [-0.2, 0) is 0 Å². The summed E-state index contributed by atoms with van der Waals surface area (Å²) < 4.78 is 0. The van der Waals surface area contributed by atoms with Gasteiger partial charge in [-0.15, -0.1) is 0 Å². The van der Waals surface area contributed by atoms with Crippen LogP contribution in [0.4, 0.5) is 0 Å². The van der Waals surface area contributed by atoms with Gasteiger partial charge in [-0.2, -0.15) is 0 Å². The molecule has 0 saturated heterocycles. The van der Waals surface area contributed by atoms with Gasteiger partial charge in [-0.3, -0.25) is 0 Å². The van der Waals surface area contributed by atoms with Crippen LogP contribution in [0.15, 0.2) is 18.2 Å². The third kappa shape index (κ3) is 3.35. The Morgan fingerprint density at radius 2 is 1.80 bits per heavy atom. The van der Waals surface area contributed by atoms with Gasteiger partial charge in [0.05, 0.1) is 6.10 Å². The molecule has 0 aromatic heterocycles. The zero-order valence-corrected chi connectivity index (χ0v) is 10.2. The third-order valence-corrected chi connectivity index (χ3v) is 3.02. The van der Waals surface area contributed by atoms with Gasteiger partial charge in [0.1, 0.15) is 0 Å². The number of aliphatic hydroxyl groups is 1. The van der Waals surface area contributed by atoms with Crippen molar-refractivity contribution in [1.29, 1.82) is 0 Å². The highest BCUT2D eigenvalue weighted by molar-refractivity contribution is 5.34. The molecule has 0 aliphatic rings. The highest BCUT2D eigenvalue weighted by atomic mass is 16.3. The first-order chi connectivity index (χ1) is 7.02. The van der Waals surface area contributed by atoms with E-state index in [-0.39, 0.29) is 6.10 Å². The van der Waals surface area contributed by atoms with Gasteiger partial charge >= 0.3 is 0 Å². The van der Waals surface area contributed by atoms with E-state index in [1.807, 2.05) is 12.1 Å². The average molecular weight is 206 g/mol. The molecule has 0 radical (unpaired) electrons. The summed E-state index contributed by atoms with van der Waals surface area (Å²) in [6.45, 7) is 8.56. The first-order valence-electron chi connectivity index (χ1n) is 5.76. The number of rotatable bonds is 4. The van der Waals surface area contributed by atoms with Gasteiger partial charge in [0.25, 0.3) is 0 Å². The van der Waals surface area contributed by atoms with Gasteiger partial charge in [-0.05, 0) is 49.3 Å². The van der Waals surface area contributed by atoms with Crippen LogP contribution in [0.25, 0.3) is 0 Å². The molecule has 1 heteroatoms. The molecule has 15 heavy (non-hydrogen) atoms. The molecule has 0 saturated carbocycles.